The van der Waals surface area contributed by atoms with Crippen LogP contribution in [0.25, 0.3) is 0 Å². The van der Waals surface area contributed by atoms with Crippen LogP contribution in [0.4, 0.5) is 0 Å². The molecule has 0 heterocycles. The first-order valence-corrected chi connectivity index (χ1v) is 4.67. The van der Waals surface area contributed by atoms with Crippen LogP contribution in [-0.4, -0.2) is 38.0 Å². The highest BCUT2D eigenvalue weighted by Crippen LogP contribution is 1.93. The number of hydrogen-bond acceptors (Lipinski definition) is 3. The zero-order valence-corrected chi connectivity index (χ0v) is 10.00. The van der Waals surface area contributed by atoms with E-state index in [-0.39, 0.29) is 12.3 Å². The third kappa shape index (κ3) is 5.85. The van der Waals surface area contributed by atoms with Crippen molar-refractivity contribution in [2.45, 2.75) is 20.3 Å². The minimum Gasteiger partial charge on any atom is -0.350 e. The van der Waals surface area contributed by atoms with Crippen molar-refractivity contribution in [2.24, 2.45) is 4.99 Å². The molecule has 0 saturated heterocycles. The van der Waals surface area contributed by atoms with E-state index >= 15 is 0 Å². The molecule has 0 aliphatic carbocycles. The minimum absolute atomic E-state index is 0.146. The predicted molar refractivity (Wildman–Crippen MR) is 60.3 cm³/mol. The fraction of sp³-hybridized carbons (Fsp3) is 0.600. The van der Waals surface area contributed by atoms with Gasteiger partial charge in [0.1, 0.15) is 5.84 Å². The summed E-state index contributed by atoms with van der Waals surface area (Å²) in [6, 6.07) is 0. The molecule has 0 rings (SSSR count). The summed E-state index contributed by atoms with van der Waals surface area (Å²) in [6.07, 6.45) is 2.01. The molecule has 1 N–H and O–H groups in total. The summed E-state index contributed by atoms with van der Waals surface area (Å²) < 4.78 is 0. The first-order valence-electron chi connectivity index (χ1n) is 4.67. The lowest BCUT2D eigenvalue weighted by Gasteiger charge is -2.14. The highest BCUT2D eigenvalue weighted by Gasteiger charge is 2.10. The van der Waals surface area contributed by atoms with Gasteiger partial charge in [-0.2, -0.15) is 0 Å². The van der Waals surface area contributed by atoms with Crippen LogP contribution >= 0.6 is 0 Å². The number of rotatable bonds is 4. The van der Waals surface area contributed by atoms with Crippen molar-refractivity contribution in [2.75, 3.05) is 21.2 Å². The number of carbonyl (C=O) groups is 1. The summed E-state index contributed by atoms with van der Waals surface area (Å²) in [5.41, 5.74) is 1.11. The maximum absolute atomic E-state index is 11.4. The van der Waals surface area contributed by atoms with Crippen LogP contribution < -0.4 is 5.32 Å². The lowest BCUT2D eigenvalue weighted by Crippen LogP contribution is -2.31. The Morgan fingerprint density at radius 2 is 2.13 bits per heavy atom. The van der Waals surface area contributed by atoms with Gasteiger partial charge < -0.3 is 5.32 Å². The van der Waals surface area contributed by atoms with Crippen LogP contribution in [0.15, 0.2) is 16.8 Å². The molecule has 0 unspecified atom stereocenters. The molecule has 15 heavy (non-hydrogen) atoms. The minimum atomic E-state index is -0.146. The Morgan fingerprint density at radius 3 is 2.53 bits per heavy atom. The summed E-state index contributed by atoms with van der Waals surface area (Å²) in [5.74, 6) is 0.470. The summed E-state index contributed by atoms with van der Waals surface area (Å²) in [5, 5.41) is 4.14. The number of nitrogens with zero attached hydrogens (tertiary/aromatic N) is 2. The third-order valence-corrected chi connectivity index (χ3v) is 1.74. The van der Waals surface area contributed by atoms with Crippen LogP contribution in [0.5, 0.6) is 0 Å². The number of carbonyl (C=O) groups excluding carboxylic acids is 1. The molecule has 0 bridgehead atoms. The van der Waals surface area contributed by atoms with E-state index in [9.17, 15) is 4.79 Å². The molecule has 0 radical (unpaired) electrons. The van der Waals surface area contributed by atoms with Crippen LogP contribution in [-0.2, 0) is 9.63 Å². The monoisotopic (exact) mass is 213 g/mol. The Bertz CT molecular complexity index is 268. The molecule has 0 aliphatic rings. The van der Waals surface area contributed by atoms with E-state index in [4.69, 9.17) is 4.84 Å². The Hall–Kier alpha value is -1.36. The zero-order chi connectivity index (χ0) is 11.8. The van der Waals surface area contributed by atoms with Gasteiger partial charge in [0.05, 0.1) is 13.5 Å². The van der Waals surface area contributed by atoms with Crippen molar-refractivity contribution >= 4 is 11.7 Å². The number of hydroxylamine groups is 2. The van der Waals surface area contributed by atoms with Gasteiger partial charge in [0.25, 0.3) is 5.91 Å². The van der Waals surface area contributed by atoms with E-state index in [0.717, 1.165) is 5.57 Å². The Morgan fingerprint density at radius 1 is 1.53 bits per heavy atom. The predicted octanol–water partition coefficient (Wildman–Crippen LogP) is 0.938. The largest absolute Gasteiger partial charge is 0.350 e. The molecule has 0 spiro atoms. The molecule has 86 valence electrons. The topological polar surface area (TPSA) is 53.9 Å². The van der Waals surface area contributed by atoms with E-state index in [1.54, 1.807) is 14.1 Å². The van der Waals surface area contributed by atoms with Crippen molar-refractivity contribution in [1.29, 1.82) is 0 Å². The van der Waals surface area contributed by atoms with Gasteiger partial charge in [-0.25, -0.2) is 5.06 Å². The van der Waals surface area contributed by atoms with Crippen molar-refractivity contribution in [3.63, 3.8) is 0 Å². The molecular formula is C10H19N3O2. The summed E-state index contributed by atoms with van der Waals surface area (Å²) in [4.78, 5) is 20.2. The first-order chi connectivity index (χ1) is 7.01. The van der Waals surface area contributed by atoms with E-state index in [0.29, 0.717) is 5.84 Å². The van der Waals surface area contributed by atoms with E-state index in [2.05, 4.69) is 10.3 Å². The van der Waals surface area contributed by atoms with Crippen LogP contribution in [0.2, 0.25) is 0 Å². The number of amidine groups is 1. The second kappa shape index (κ2) is 7.00. The van der Waals surface area contributed by atoms with Gasteiger partial charge in [0.2, 0.25) is 0 Å². The molecule has 0 aromatic heterocycles. The van der Waals surface area contributed by atoms with Gasteiger partial charge in [-0.1, -0.05) is 5.57 Å². The summed E-state index contributed by atoms with van der Waals surface area (Å²) >= 11 is 0. The van der Waals surface area contributed by atoms with Crippen molar-refractivity contribution in [1.82, 2.24) is 10.4 Å². The SMILES string of the molecule is CN=C(CC(=O)N(C)OC)NC=C(C)C. The second-order valence-electron chi connectivity index (χ2n) is 3.29. The lowest BCUT2D eigenvalue weighted by atomic mass is 10.3. The number of nitrogens with one attached hydrogen (secondary N) is 1. The molecule has 0 aliphatic heterocycles. The van der Waals surface area contributed by atoms with Gasteiger partial charge in [-0.05, 0) is 13.8 Å². The van der Waals surface area contributed by atoms with Crippen molar-refractivity contribution in [3.8, 4) is 0 Å². The average molecular weight is 213 g/mol. The van der Waals surface area contributed by atoms with Crippen molar-refractivity contribution < 1.29 is 9.63 Å². The van der Waals surface area contributed by atoms with E-state index < -0.39 is 0 Å². The molecule has 0 saturated carbocycles. The fourth-order valence-corrected chi connectivity index (χ4v) is 0.779. The van der Waals surface area contributed by atoms with Crippen LogP contribution in [0.1, 0.15) is 20.3 Å². The molecule has 0 aromatic rings. The number of hydrogen-bond donors (Lipinski definition) is 1. The van der Waals surface area contributed by atoms with E-state index in [1.165, 1.54) is 12.2 Å². The molecular weight excluding hydrogens is 194 g/mol. The van der Waals surface area contributed by atoms with Gasteiger partial charge in [-0.15, -0.1) is 0 Å². The molecule has 0 fully saturated rings. The Balaban J connectivity index is 4.24. The smallest absolute Gasteiger partial charge is 0.253 e. The molecule has 0 aromatic carbocycles. The Labute approximate surface area is 90.8 Å². The lowest BCUT2D eigenvalue weighted by molar-refractivity contribution is -0.167. The van der Waals surface area contributed by atoms with Crippen molar-refractivity contribution in [3.05, 3.63) is 11.8 Å². The first kappa shape index (κ1) is 13.6. The molecule has 5 nitrogen and oxygen atoms in total. The zero-order valence-electron chi connectivity index (χ0n) is 10.00. The summed E-state index contributed by atoms with van der Waals surface area (Å²) in [6.45, 7) is 3.92. The number of aliphatic imine (C=N–C) groups is 1. The normalized spacial score (nSPS) is 10.9. The standard InChI is InChI=1S/C10H19N3O2/c1-8(2)7-12-9(11-3)6-10(14)13(4)15-5/h7H,6H2,1-5H3,(H,11,12). The maximum atomic E-state index is 11.4. The van der Waals surface area contributed by atoms with Gasteiger partial charge in [0, 0.05) is 20.3 Å². The van der Waals surface area contributed by atoms with Gasteiger partial charge in [0.15, 0.2) is 0 Å². The van der Waals surface area contributed by atoms with Crippen LogP contribution in [0.3, 0.4) is 0 Å². The van der Waals surface area contributed by atoms with E-state index in [1.807, 2.05) is 20.0 Å². The number of allylic oxidation sites excluding steroid dienone is 1. The highest BCUT2D eigenvalue weighted by molar-refractivity contribution is 5.99. The average Bonchev–Trinajstić information content (AvgIpc) is 2.22. The number of amides is 1. The summed E-state index contributed by atoms with van der Waals surface area (Å²) in [7, 11) is 4.65. The fourth-order valence-electron chi connectivity index (χ4n) is 0.779. The quantitative estimate of drug-likeness (QED) is 0.429. The Kier molecular flexibility index (Phi) is 6.37. The second-order valence-corrected chi connectivity index (χ2v) is 3.29. The maximum Gasteiger partial charge on any atom is 0.253 e. The third-order valence-electron chi connectivity index (χ3n) is 1.74. The van der Waals surface area contributed by atoms with Crippen LogP contribution in [0, 0.1) is 0 Å². The highest BCUT2D eigenvalue weighted by atomic mass is 16.7. The van der Waals surface area contributed by atoms with Gasteiger partial charge in [-0.3, -0.25) is 14.6 Å². The molecule has 1 amide bonds. The molecule has 0 atom stereocenters. The molecule has 5 heteroatoms. The van der Waals surface area contributed by atoms with Gasteiger partial charge >= 0.3 is 0 Å².